The van der Waals surface area contributed by atoms with Crippen LogP contribution < -0.4 is 11.0 Å². The second-order valence-electron chi connectivity index (χ2n) is 6.47. The lowest BCUT2D eigenvalue weighted by atomic mass is 9.99. The van der Waals surface area contributed by atoms with Gasteiger partial charge < -0.3 is 5.32 Å². The van der Waals surface area contributed by atoms with Crippen molar-refractivity contribution in [1.82, 2.24) is 20.1 Å². The standard InChI is InChI=1S/C21H24N4O2S/c1-2-13-25-20(27)23-24-21(25)28-15-19(26)22-18(17-11-7-4-8-12-17)14-16-9-5-3-6-10-16/h3-12,18H,2,13-15H2,1H3,(H,22,26)(H,23,27). The number of hydrogen-bond acceptors (Lipinski definition) is 4. The molecule has 28 heavy (non-hydrogen) atoms. The van der Waals surface area contributed by atoms with Crippen LogP contribution in [0.4, 0.5) is 0 Å². The number of thioether (sulfide) groups is 1. The molecule has 3 aromatic rings. The molecule has 6 nitrogen and oxygen atoms in total. The number of rotatable bonds is 9. The topological polar surface area (TPSA) is 79.8 Å². The van der Waals surface area contributed by atoms with Crippen molar-refractivity contribution in [3.63, 3.8) is 0 Å². The van der Waals surface area contributed by atoms with Gasteiger partial charge >= 0.3 is 5.69 Å². The largest absolute Gasteiger partial charge is 0.348 e. The zero-order valence-corrected chi connectivity index (χ0v) is 16.6. The first-order chi connectivity index (χ1) is 13.7. The van der Waals surface area contributed by atoms with Gasteiger partial charge in [0, 0.05) is 6.54 Å². The maximum absolute atomic E-state index is 12.6. The summed E-state index contributed by atoms with van der Waals surface area (Å²) < 4.78 is 1.57. The Kier molecular flexibility index (Phi) is 7.08. The van der Waals surface area contributed by atoms with Crippen molar-refractivity contribution in [2.75, 3.05) is 5.75 Å². The van der Waals surface area contributed by atoms with Crippen LogP contribution in [-0.4, -0.2) is 26.4 Å². The van der Waals surface area contributed by atoms with E-state index in [0.717, 1.165) is 17.5 Å². The van der Waals surface area contributed by atoms with Gasteiger partial charge in [-0.05, 0) is 24.0 Å². The molecule has 3 rings (SSSR count). The first-order valence-electron chi connectivity index (χ1n) is 9.33. The average Bonchev–Trinajstić information content (AvgIpc) is 3.07. The number of hydrogen-bond donors (Lipinski definition) is 2. The monoisotopic (exact) mass is 396 g/mol. The Balaban J connectivity index is 1.67. The van der Waals surface area contributed by atoms with Gasteiger partial charge in [0.25, 0.3) is 0 Å². The lowest BCUT2D eigenvalue weighted by molar-refractivity contribution is -0.119. The highest BCUT2D eigenvalue weighted by Crippen LogP contribution is 2.19. The molecule has 1 unspecified atom stereocenters. The van der Waals surface area contributed by atoms with Crippen LogP contribution in [-0.2, 0) is 17.8 Å². The molecule has 0 fully saturated rings. The summed E-state index contributed by atoms with van der Waals surface area (Å²) in [5.41, 5.74) is 1.98. The Morgan fingerprint density at radius 2 is 1.82 bits per heavy atom. The molecule has 1 amide bonds. The van der Waals surface area contributed by atoms with Crippen LogP contribution in [0.5, 0.6) is 0 Å². The molecule has 7 heteroatoms. The quantitative estimate of drug-likeness (QED) is 0.545. The Bertz CT molecular complexity index is 938. The Labute approximate surface area is 168 Å². The number of nitrogens with one attached hydrogen (secondary N) is 2. The lowest BCUT2D eigenvalue weighted by Gasteiger charge is -2.19. The van der Waals surface area contributed by atoms with E-state index in [0.29, 0.717) is 18.1 Å². The molecule has 146 valence electrons. The average molecular weight is 397 g/mol. The first kappa shape index (κ1) is 19.9. The van der Waals surface area contributed by atoms with E-state index in [1.807, 2.05) is 55.5 Å². The molecule has 2 N–H and O–H groups in total. The number of aromatic nitrogens is 3. The molecular formula is C21H24N4O2S. The minimum absolute atomic E-state index is 0.0896. The SMILES string of the molecule is CCCn1c(SCC(=O)NC(Cc2ccccc2)c2ccccc2)n[nH]c1=O. The van der Waals surface area contributed by atoms with Crippen LogP contribution in [0.1, 0.15) is 30.5 Å². The van der Waals surface area contributed by atoms with Crippen molar-refractivity contribution in [3.8, 4) is 0 Å². The van der Waals surface area contributed by atoms with Gasteiger partial charge in [-0.2, -0.15) is 0 Å². The van der Waals surface area contributed by atoms with E-state index in [1.54, 1.807) is 4.57 Å². The van der Waals surface area contributed by atoms with Gasteiger partial charge in [-0.3, -0.25) is 9.36 Å². The first-order valence-corrected chi connectivity index (χ1v) is 10.3. The molecule has 0 bridgehead atoms. The molecule has 1 aromatic heterocycles. The summed E-state index contributed by atoms with van der Waals surface area (Å²) in [6, 6.07) is 19.9. The number of aromatic amines is 1. The van der Waals surface area contributed by atoms with Crippen molar-refractivity contribution < 1.29 is 4.79 Å². The summed E-state index contributed by atoms with van der Waals surface area (Å²) in [5, 5.41) is 10.1. The third-order valence-electron chi connectivity index (χ3n) is 4.32. The van der Waals surface area contributed by atoms with Gasteiger partial charge in [0.1, 0.15) is 0 Å². The van der Waals surface area contributed by atoms with Crippen molar-refractivity contribution in [2.45, 2.75) is 37.5 Å². The third kappa shape index (κ3) is 5.36. The van der Waals surface area contributed by atoms with Crippen LogP contribution in [0.2, 0.25) is 0 Å². The minimum Gasteiger partial charge on any atom is -0.348 e. The molecule has 1 heterocycles. The predicted octanol–water partition coefficient (Wildman–Crippen LogP) is 3.17. The number of H-pyrrole nitrogens is 1. The molecule has 2 aromatic carbocycles. The fraction of sp³-hybridized carbons (Fsp3) is 0.286. The van der Waals surface area contributed by atoms with Crippen molar-refractivity contribution in [1.29, 1.82) is 0 Å². The zero-order valence-electron chi connectivity index (χ0n) is 15.8. The molecule has 0 radical (unpaired) electrons. The zero-order chi connectivity index (χ0) is 19.8. The van der Waals surface area contributed by atoms with Gasteiger partial charge in [0.15, 0.2) is 5.16 Å². The molecule has 0 spiro atoms. The van der Waals surface area contributed by atoms with E-state index in [4.69, 9.17) is 0 Å². The molecule has 0 aliphatic rings. The van der Waals surface area contributed by atoms with E-state index >= 15 is 0 Å². The number of benzene rings is 2. The summed E-state index contributed by atoms with van der Waals surface area (Å²) >= 11 is 1.27. The van der Waals surface area contributed by atoms with Gasteiger partial charge in [-0.25, -0.2) is 9.89 Å². The maximum atomic E-state index is 12.6. The van der Waals surface area contributed by atoms with Crippen LogP contribution in [0.15, 0.2) is 70.6 Å². The predicted molar refractivity (Wildman–Crippen MR) is 111 cm³/mol. The number of amides is 1. The van der Waals surface area contributed by atoms with Crippen LogP contribution in [0.3, 0.4) is 0 Å². The maximum Gasteiger partial charge on any atom is 0.343 e. The molecule has 0 saturated heterocycles. The number of nitrogens with zero attached hydrogens (tertiary/aromatic N) is 2. The van der Waals surface area contributed by atoms with Crippen molar-refractivity contribution in [3.05, 3.63) is 82.3 Å². The summed E-state index contributed by atoms with van der Waals surface area (Å²) in [5.74, 6) is 0.111. The highest BCUT2D eigenvalue weighted by Gasteiger charge is 2.17. The molecule has 1 atom stereocenters. The Hall–Kier alpha value is -2.80. The van der Waals surface area contributed by atoms with Gasteiger partial charge in [-0.1, -0.05) is 79.3 Å². The number of carbonyl (C=O) groups is 1. The van der Waals surface area contributed by atoms with Crippen LogP contribution in [0, 0.1) is 0 Å². The van der Waals surface area contributed by atoms with E-state index in [-0.39, 0.29) is 23.4 Å². The Morgan fingerprint density at radius 1 is 1.14 bits per heavy atom. The minimum atomic E-state index is -0.240. The second-order valence-corrected chi connectivity index (χ2v) is 7.41. The van der Waals surface area contributed by atoms with E-state index in [9.17, 15) is 9.59 Å². The normalized spacial score (nSPS) is 11.9. The summed E-state index contributed by atoms with van der Waals surface area (Å²) in [6.45, 7) is 2.58. The summed E-state index contributed by atoms with van der Waals surface area (Å²) in [4.78, 5) is 24.4. The van der Waals surface area contributed by atoms with E-state index in [1.165, 1.54) is 11.8 Å². The fourth-order valence-electron chi connectivity index (χ4n) is 2.99. The van der Waals surface area contributed by atoms with Gasteiger partial charge in [0.05, 0.1) is 11.8 Å². The summed E-state index contributed by atoms with van der Waals surface area (Å²) in [7, 11) is 0. The Morgan fingerprint density at radius 3 is 2.50 bits per heavy atom. The second kappa shape index (κ2) is 9.94. The van der Waals surface area contributed by atoms with Crippen molar-refractivity contribution in [2.24, 2.45) is 0 Å². The molecule has 0 saturated carbocycles. The summed E-state index contributed by atoms with van der Waals surface area (Å²) in [6.07, 6.45) is 1.54. The van der Waals surface area contributed by atoms with Crippen LogP contribution in [0.25, 0.3) is 0 Å². The third-order valence-corrected chi connectivity index (χ3v) is 5.30. The molecule has 0 aliphatic heterocycles. The molecule has 0 aliphatic carbocycles. The lowest BCUT2D eigenvalue weighted by Crippen LogP contribution is -2.31. The molecular weight excluding hydrogens is 372 g/mol. The van der Waals surface area contributed by atoms with Gasteiger partial charge in [-0.15, -0.1) is 5.10 Å². The van der Waals surface area contributed by atoms with Crippen LogP contribution >= 0.6 is 11.8 Å². The fourth-order valence-corrected chi connectivity index (χ4v) is 3.77. The highest BCUT2D eigenvalue weighted by atomic mass is 32.2. The van der Waals surface area contributed by atoms with Gasteiger partial charge in [0.2, 0.25) is 5.91 Å². The highest BCUT2D eigenvalue weighted by molar-refractivity contribution is 7.99. The number of carbonyl (C=O) groups excluding carboxylic acids is 1. The van der Waals surface area contributed by atoms with E-state index < -0.39 is 0 Å². The van der Waals surface area contributed by atoms with E-state index in [2.05, 4.69) is 27.6 Å². The van der Waals surface area contributed by atoms with Crippen molar-refractivity contribution >= 4 is 17.7 Å². The smallest absolute Gasteiger partial charge is 0.343 e.